The van der Waals surface area contributed by atoms with E-state index in [0.29, 0.717) is 0 Å². The lowest BCUT2D eigenvalue weighted by Gasteiger charge is -2.06. The molecule has 0 saturated heterocycles. The standard InChI is InChI=1S/C14H19ClN4/c1-3-12-14(15)13(19(2)18-12)10-17-9-6-11-4-7-16-8-5-11/h4-5,7-8,17H,3,6,9-10H2,1-2H3. The van der Waals surface area contributed by atoms with Crippen LogP contribution in [0.5, 0.6) is 0 Å². The second-order valence-corrected chi connectivity index (χ2v) is 4.84. The van der Waals surface area contributed by atoms with Gasteiger partial charge in [0.2, 0.25) is 0 Å². The SMILES string of the molecule is CCc1nn(C)c(CNCCc2ccncc2)c1Cl. The Labute approximate surface area is 118 Å². The molecule has 4 nitrogen and oxygen atoms in total. The first kappa shape index (κ1) is 14.0. The van der Waals surface area contributed by atoms with Crippen molar-refractivity contribution in [3.63, 3.8) is 0 Å². The predicted octanol–water partition coefficient (Wildman–Crippen LogP) is 2.36. The maximum atomic E-state index is 6.29. The molecule has 2 aromatic rings. The van der Waals surface area contributed by atoms with Crippen LogP contribution >= 0.6 is 11.6 Å². The Morgan fingerprint density at radius 1 is 1.32 bits per heavy atom. The van der Waals surface area contributed by atoms with Gasteiger partial charge in [0.05, 0.1) is 16.4 Å². The van der Waals surface area contributed by atoms with Crippen molar-refractivity contribution in [2.24, 2.45) is 7.05 Å². The van der Waals surface area contributed by atoms with E-state index in [9.17, 15) is 0 Å². The first-order valence-corrected chi connectivity index (χ1v) is 6.90. The van der Waals surface area contributed by atoms with Crippen LogP contribution in [0.3, 0.4) is 0 Å². The van der Waals surface area contributed by atoms with Gasteiger partial charge in [0, 0.05) is 26.0 Å². The van der Waals surface area contributed by atoms with Crippen LogP contribution in [0.1, 0.15) is 23.9 Å². The van der Waals surface area contributed by atoms with Gasteiger partial charge in [-0.05, 0) is 37.1 Å². The highest BCUT2D eigenvalue weighted by Crippen LogP contribution is 2.20. The number of nitrogens with zero attached hydrogens (tertiary/aromatic N) is 3. The quantitative estimate of drug-likeness (QED) is 0.825. The highest BCUT2D eigenvalue weighted by atomic mass is 35.5. The van der Waals surface area contributed by atoms with Crippen LogP contribution in [0.25, 0.3) is 0 Å². The van der Waals surface area contributed by atoms with Crippen molar-refractivity contribution < 1.29 is 0 Å². The minimum absolute atomic E-state index is 0.743. The Kier molecular flexibility index (Phi) is 4.93. The Morgan fingerprint density at radius 3 is 2.68 bits per heavy atom. The van der Waals surface area contributed by atoms with Crippen molar-refractivity contribution in [2.75, 3.05) is 6.54 Å². The molecule has 0 bridgehead atoms. The number of halogens is 1. The van der Waals surface area contributed by atoms with E-state index >= 15 is 0 Å². The average Bonchev–Trinajstić information content (AvgIpc) is 2.71. The number of rotatable bonds is 6. The van der Waals surface area contributed by atoms with Gasteiger partial charge < -0.3 is 5.32 Å². The molecule has 5 heteroatoms. The highest BCUT2D eigenvalue weighted by molar-refractivity contribution is 6.31. The zero-order valence-corrected chi connectivity index (χ0v) is 12.1. The van der Waals surface area contributed by atoms with Gasteiger partial charge in [0.25, 0.3) is 0 Å². The summed E-state index contributed by atoms with van der Waals surface area (Å²) in [5, 5.41) is 8.60. The van der Waals surface area contributed by atoms with Crippen LogP contribution in [-0.4, -0.2) is 21.3 Å². The third-order valence-electron chi connectivity index (χ3n) is 3.14. The minimum atomic E-state index is 0.743. The van der Waals surface area contributed by atoms with E-state index < -0.39 is 0 Å². The molecular formula is C14H19ClN4. The van der Waals surface area contributed by atoms with Gasteiger partial charge in [-0.25, -0.2) is 0 Å². The molecule has 0 unspecified atom stereocenters. The summed E-state index contributed by atoms with van der Waals surface area (Å²) in [4.78, 5) is 4.01. The molecule has 1 N–H and O–H groups in total. The molecule has 0 radical (unpaired) electrons. The Morgan fingerprint density at radius 2 is 2.05 bits per heavy atom. The number of hydrogen-bond donors (Lipinski definition) is 1. The average molecular weight is 279 g/mol. The first-order valence-electron chi connectivity index (χ1n) is 6.52. The van der Waals surface area contributed by atoms with Crippen molar-refractivity contribution in [2.45, 2.75) is 26.3 Å². The summed E-state index contributed by atoms with van der Waals surface area (Å²) in [6.07, 6.45) is 5.49. The van der Waals surface area contributed by atoms with Gasteiger partial charge in [-0.1, -0.05) is 18.5 Å². The fraction of sp³-hybridized carbons (Fsp3) is 0.429. The lowest BCUT2D eigenvalue weighted by atomic mass is 10.2. The molecule has 0 spiro atoms. The van der Waals surface area contributed by atoms with Crippen molar-refractivity contribution in [3.8, 4) is 0 Å². The minimum Gasteiger partial charge on any atom is -0.311 e. The topological polar surface area (TPSA) is 42.7 Å². The van der Waals surface area contributed by atoms with E-state index in [4.69, 9.17) is 11.6 Å². The maximum absolute atomic E-state index is 6.29. The molecule has 102 valence electrons. The molecule has 0 aliphatic heterocycles. The smallest absolute Gasteiger partial charge is 0.0863 e. The highest BCUT2D eigenvalue weighted by Gasteiger charge is 2.11. The van der Waals surface area contributed by atoms with E-state index in [-0.39, 0.29) is 0 Å². The Bertz CT molecular complexity index is 522. The van der Waals surface area contributed by atoms with Crippen molar-refractivity contribution in [3.05, 3.63) is 46.5 Å². The predicted molar refractivity (Wildman–Crippen MR) is 77.2 cm³/mol. The molecule has 0 atom stereocenters. The third kappa shape index (κ3) is 3.55. The molecular weight excluding hydrogens is 260 g/mol. The summed E-state index contributed by atoms with van der Waals surface area (Å²) >= 11 is 6.29. The normalized spacial score (nSPS) is 10.9. The van der Waals surface area contributed by atoms with Crippen molar-refractivity contribution >= 4 is 11.6 Å². The molecule has 2 aromatic heterocycles. The fourth-order valence-corrected chi connectivity index (χ4v) is 2.36. The molecule has 2 rings (SSSR count). The zero-order chi connectivity index (χ0) is 13.7. The molecule has 0 aliphatic carbocycles. The summed E-state index contributed by atoms with van der Waals surface area (Å²) in [5.74, 6) is 0. The number of aromatic nitrogens is 3. The first-order chi connectivity index (χ1) is 9.22. The molecule has 2 heterocycles. The van der Waals surface area contributed by atoms with Gasteiger partial charge in [0.15, 0.2) is 0 Å². The monoisotopic (exact) mass is 278 g/mol. The fourth-order valence-electron chi connectivity index (χ4n) is 2.00. The van der Waals surface area contributed by atoms with E-state index in [0.717, 1.165) is 42.3 Å². The molecule has 0 fully saturated rings. The van der Waals surface area contributed by atoms with Gasteiger partial charge in [-0.3, -0.25) is 9.67 Å². The number of aryl methyl sites for hydroxylation is 2. The lowest BCUT2D eigenvalue weighted by molar-refractivity contribution is 0.623. The van der Waals surface area contributed by atoms with E-state index in [1.165, 1.54) is 5.56 Å². The second kappa shape index (κ2) is 6.68. The number of nitrogens with one attached hydrogen (secondary N) is 1. The summed E-state index contributed by atoms with van der Waals surface area (Å²) < 4.78 is 1.86. The lowest BCUT2D eigenvalue weighted by Crippen LogP contribution is -2.18. The molecule has 19 heavy (non-hydrogen) atoms. The molecule has 0 amide bonds. The summed E-state index contributed by atoms with van der Waals surface area (Å²) in [5.41, 5.74) is 3.30. The Balaban J connectivity index is 1.85. The van der Waals surface area contributed by atoms with Crippen LogP contribution < -0.4 is 5.32 Å². The van der Waals surface area contributed by atoms with Crippen LogP contribution in [0.2, 0.25) is 5.02 Å². The van der Waals surface area contributed by atoms with Crippen LogP contribution in [0.15, 0.2) is 24.5 Å². The number of hydrogen-bond acceptors (Lipinski definition) is 3. The maximum Gasteiger partial charge on any atom is 0.0863 e. The van der Waals surface area contributed by atoms with E-state index in [1.807, 2.05) is 36.3 Å². The molecule has 0 aromatic carbocycles. The van der Waals surface area contributed by atoms with Gasteiger partial charge >= 0.3 is 0 Å². The van der Waals surface area contributed by atoms with Crippen LogP contribution in [0, 0.1) is 0 Å². The van der Waals surface area contributed by atoms with E-state index in [2.05, 4.69) is 22.3 Å². The van der Waals surface area contributed by atoms with Gasteiger partial charge in [-0.15, -0.1) is 0 Å². The van der Waals surface area contributed by atoms with Gasteiger partial charge in [-0.2, -0.15) is 5.10 Å². The van der Waals surface area contributed by atoms with Crippen LogP contribution in [0.4, 0.5) is 0 Å². The van der Waals surface area contributed by atoms with Crippen molar-refractivity contribution in [1.82, 2.24) is 20.1 Å². The van der Waals surface area contributed by atoms with Crippen molar-refractivity contribution in [1.29, 1.82) is 0 Å². The largest absolute Gasteiger partial charge is 0.311 e. The summed E-state index contributed by atoms with van der Waals surface area (Å²) in [6.45, 7) is 3.72. The zero-order valence-electron chi connectivity index (χ0n) is 11.4. The summed E-state index contributed by atoms with van der Waals surface area (Å²) in [7, 11) is 1.94. The molecule has 0 aliphatic rings. The third-order valence-corrected chi connectivity index (χ3v) is 3.57. The number of pyridine rings is 1. The van der Waals surface area contributed by atoms with Crippen LogP contribution in [-0.2, 0) is 26.4 Å². The summed E-state index contributed by atoms with van der Waals surface area (Å²) in [6, 6.07) is 4.07. The van der Waals surface area contributed by atoms with E-state index in [1.54, 1.807) is 0 Å². The Hall–Kier alpha value is -1.39. The molecule has 0 saturated carbocycles. The van der Waals surface area contributed by atoms with Gasteiger partial charge in [0.1, 0.15) is 0 Å². The second-order valence-electron chi connectivity index (χ2n) is 4.47.